The molecule has 0 aromatic heterocycles. The van der Waals surface area contributed by atoms with Crippen molar-refractivity contribution in [1.29, 1.82) is 0 Å². The van der Waals surface area contributed by atoms with E-state index in [1.54, 1.807) is 14.2 Å². The van der Waals surface area contributed by atoms with Crippen molar-refractivity contribution < 1.29 is 14.2 Å². The Morgan fingerprint density at radius 3 is 2.73 bits per heavy atom. The monoisotopic (exact) mass is 330 g/mol. The van der Waals surface area contributed by atoms with Gasteiger partial charge in [0.15, 0.2) is 11.5 Å². The minimum absolute atomic E-state index is 0. The van der Waals surface area contributed by atoms with Crippen molar-refractivity contribution in [3.05, 3.63) is 23.8 Å². The average Bonchev–Trinajstić information content (AvgIpc) is 2.48. The van der Waals surface area contributed by atoms with Crippen molar-refractivity contribution in [2.45, 2.75) is 19.5 Å². The molecule has 1 N–H and O–H groups in total. The van der Waals surface area contributed by atoms with E-state index in [1.165, 1.54) is 5.56 Å². The van der Waals surface area contributed by atoms with Gasteiger partial charge in [0.2, 0.25) is 0 Å². The SMILES string of the molecule is COCCOc1ccc(CN2CCN[C@@H](C)C2)cc1OC.Cl. The Kier molecular flexibility index (Phi) is 8.56. The number of methoxy groups -OCH3 is 2. The molecule has 1 aliphatic heterocycles. The van der Waals surface area contributed by atoms with Gasteiger partial charge in [-0.2, -0.15) is 0 Å². The molecule has 1 heterocycles. The zero-order valence-electron chi connectivity index (χ0n) is 13.6. The van der Waals surface area contributed by atoms with Gasteiger partial charge in [0, 0.05) is 39.3 Å². The molecule has 5 nitrogen and oxygen atoms in total. The second-order valence-electron chi connectivity index (χ2n) is 5.42. The Bertz CT molecular complexity index is 445. The summed E-state index contributed by atoms with van der Waals surface area (Å²) in [5, 5.41) is 3.46. The lowest BCUT2D eigenvalue weighted by molar-refractivity contribution is 0.144. The molecule has 0 spiro atoms. The maximum atomic E-state index is 5.66. The summed E-state index contributed by atoms with van der Waals surface area (Å²) in [6.45, 7) is 7.48. The lowest BCUT2D eigenvalue weighted by Gasteiger charge is -2.31. The minimum Gasteiger partial charge on any atom is -0.493 e. The third-order valence-corrected chi connectivity index (χ3v) is 3.63. The van der Waals surface area contributed by atoms with Crippen molar-refractivity contribution in [1.82, 2.24) is 10.2 Å². The maximum absolute atomic E-state index is 5.66. The smallest absolute Gasteiger partial charge is 0.161 e. The van der Waals surface area contributed by atoms with E-state index < -0.39 is 0 Å². The predicted molar refractivity (Wildman–Crippen MR) is 90.4 cm³/mol. The van der Waals surface area contributed by atoms with Gasteiger partial charge in [-0.25, -0.2) is 0 Å². The Morgan fingerprint density at radius 1 is 1.23 bits per heavy atom. The highest BCUT2D eigenvalue weighted by molar-refractivity contribution is 5.85. The first-order valence-electron chi connectivity index (χ1n) is 7.47. The Balaban J connectivity index is 0.00000242. The number of ether oxygens (including phenoxy) is 3. The summed E-state index contributed by atoms with van der Waals surface area (Å²) in [5.41, 5.74) is 1.25. The number of piperazine rings is 1. The van der Waals surface area contributed by atoms with Crippen LogP contribution in [0, 0.1) is 0 Å². The van der Waals surface area contributed by atoms with Gasteiger partial charge in [-0.15, -0.1) is 12.4 Å². The molecule has 0 radical (unpaired) electrons. The molecule has 6 heteroatoms. The van der Waals surface area contributed by atoms with Gasteiger partial charge >= 0.3 is 0 Å². The van der Waals surface area contributed by atoms with Gasteiger partial charge in [-0.3, -0.25) is 4.90 Å². The van der Waals surface area contributed by atoms with Crippen LogP contribution >= 0.6 is 12.4 Å². The van der Waals surface area contributed by atoms with E-state index in [1.807, 2.05) is 6.07 Å². The second kappa shape index (κ2) is 9.90. The van der Waals surface area contributed by atoms with Crippen molar-refractivity contribution in [3.63, 3.8) is 0 Å². The first-order valence-corrected chi connectivity index (χ1v) is 7.47. The molecule has 22 heavy (non-hydrogen) atoms. The molecule has 1 aromatic rings. The Labute approximate surface area is 139 Å². The van der Waals surface area contributed by atoms with Crippen molar-refractivity contribution in [2.24, 2.45) is 0 Å². The molecular weight excluding hydrogens is 304 g/mol. The molecule has 0 bridgehead atoms. The largest absolute Gasteiger partial charge is 0.493 e. The van der Waals surface area contributed by atoms with Crippen LogP contribution in [0.2, 0.25) is 0 Å². The fraction of sp³-hybridized carbons (Fsp3) is 0.625. The number of hydrogen-bond acceptors (Lipinski definition) is 5. The number of halogens is 1. The van der Waals surface area contributed by atoms with Crippen LogP contribution < -0.4 is 14.8 Å². The van der Waals surface area contributed by atoms with E-state index >= 15 is 0 Å². The molecule has 1 atom stereocenters. The third kappa shape index (κ3) is 5.65. The quantitative estimate of drug-likeness (QED) is 0.774. The highest BCUT2D eigenvalue weighted by atomic mass is 35.5. The van der Waals surface area contributed by atoms with Gasteiger partial charge in [0.1, 0.15) is 6.61 Å². The highest BCUT2D eigenvalue weighted by Gasteiger charge is 2.16. The zero-order chi connectivity index (χ0) is 15.1. The number of hydrogen-bond donors (Lipinski definition) is 1. The zero-order valence-corrected chi connectivity index (χ0v) is 14.4. The minimum atomic E-state index is 0. The van der Waals surface area contributed by atoms with E-state index in [-0.39, 0.29) is 12.4 Å². The number of rotatable bonds is 7. The lowest BCUT2D eigenvalue weighted by atomic mass is 10.1. The molecule has 1 fully saturated rings. The van der Waals surface area contributed by atoms with Crippen molar-refractivity contribution in [2.75, 3.05) is 47.1 Å². The fourth-order valence-electron chi connectivity index (χ4n) is 2.58. The van der Waals surface area contributed by atoms with Crippen LogP contribution in [-0.4, -0.2) is 58.0 Å². The summed E-state index contributed by atoms with van der Waals surface area (Å²) in [5.74, 6) is 1.55. The predicted octanol–water partition coefficient (Wildman–Crippen LogP) is 1.94. The van der Waals surface area contributed by atoms with Gasteiger partial charge in [0.05, 0.1) is 13.7 Å². The van der Waals surface area contributed by atoms with Crippen LogP contribution in [0.1, 0.15) is 12.5 Å². The van der Waals surface area contributed by atoms with Crippen LogP contribution in [-0.2, 0) is 11.3 Å². The first kappa shape index (κ1) is 19.0. The maximum Gasteiger partial charge on any atom is 0.161 e. The van der Waals surface area contributed by atoms with Crippen LogP contribution in [0.3, 0.4) is 0 Å². The van der Waals surface area contributed by atoms with Gasteiger partial charge in [0.25, 0.3) is 0 Å². The fourth-order valence-corrected chi connectivity index (χ4v) is 2.58. The van der Waals surface area contributed by atoms with Crippen molar-refractivity contribution in [3.8, 4) is 11.5 Å². The summed E-state index contributed by atoms with van der Waals surface area (Å²) >= 11 is 0. The molecule has 0 saturated carbocycles. The summed E-state index contributed by atoms with van der Waals surface area (Å²) in [4.78, 5) is 2.46. The van der Waals surface area contributed by atoms with Gasteiger partial charge < -0.3 is 19.5 Å². The van der Waals surface area contributed by atoms with Gasteiger partial charge in [-0.1, -0.05) is 6.07 Å². The molecule has 126 valence electrons. The lowest BCUT2D eigenvalue weighted by Crippen LogP contribution is -2.48. The summed E-state index contributed by atoms with van der Waals surface area (Å²) < 4.78 is 16.1. The van der Waals surface area contributed by atoms with E-state index in [0.717, 1.165) is 37.7 Å². The van der Waals surface area contributed by atoms with E-state index in [0.29, 0.717) is 19.3 Å². The molecule has 0 aliphatic carbocycles. The summed E-state index contributed by atoms with van der Waals surface area (Å²) in [6, 6.07) is 6.71. The molecule has 1 saturated heterocycles. The van der Waals surface area contributed by atoms with E-state index in [4.69, 9.17) is 14.2 Å². The molecule has 0 unspecified atom stereocenters. The Morgan fingerprint density at radius 2 is 2.05 bits per heavy atom. The summed E-state index contributed by atoms with van der Waals surface area (Å²) in [6.07, 6.45) is 0. The molecule has 0 amide bonds. The normalized spacial score (nSPS) is 18.6. The molecule has 1 aromatic carbocycles. The number of benzene rings is 1. The van der Waals surface area contributed by atoms with Crippen LogP contribution in [0.5, 0.6) is 11.5 Å². The third-order valence-electron chi connectivity index (χ3n) is 3.63. The summed E-state index contributed by atoms with van der Waals surface area (Å²) in [7, 11) is 3.34. The first-order chi connectivity index (χ1) is 10.2. The topological polar surface area (TPSA) is 43.0 Å². The molecule has 1 aliphatic rings. The van der Waals surface area contributed by atoms with E-state index in [9.17, 15) is 0 Å². The van der Waals surface area contributed by atoms with Crippen LogP contribution in [0.4, 0.5) is 0 Å². The number of nitrogens with one attached hydrogen (secondary N) is 1. The molecular formula is C16H27ClN2O3. The van der Waals surface area contributed by atoms with Crippen molar-refractivity contribution >= 4 is 12.4 Å². The van der Waals surface area contributed by atoms with Crippen LogP contribution in [0.15, 0.2) is 18.2 Å². The average molecular weight is 331 g/mol. The highest BCUT2D eigenvalue weighted by Crippen LogP contribution is 2.28. The van der Waals surface area contributed by atoms with E-state index in [2.05, 4.69) is 29.3 Å². The van der Waals surface area contributed by atoms with Crippen LogP contribution in [0.25, 0.3) is 0 Å². The van der Waals surface area contributed by atoms with Gasteiger partial charge in [-0.05, 0) is 24.6 Å². The Hall–Kier alpha value is -1.01. The number of nitrogens with zero attached hydrogens (tertiary/aromatic N) is 1. The molecule has 2 rings (SSSR count). The standard InChI is InChI=1S/C16H26N2O3.ClH/c1-13-11-18(7-6-17-13)12-14-4-5-15(16(10-14)20-3)21-9-8-19-2;/h4-5,10,13,17H,6-9,11-12H2,1-3H3;1H/t13-;/m0./s1. The second-order valence-corrected chi connectivity index (χ2v) is 5.42.